The van der Waals surface area contributed by atoms with E-state index in [1.165, 1.54) is 6.92 Å². The van der Waals surface area contributed by atoms with Crippen molar-refractivity contribution in [2.75, 3.05) is 0 Å². The average Bonchev–Trinajstić information content (AvgIpc) is 2.00. The van der Waals surface area contributed by atoms with Crippen LogP contribution in [0.5, 0.6) is 0 Å². The van der Waals surface area contributed by atoms with E-state index in [0.29, 0.717) is 0 Å². The standard InChI is InChI=1S/C6H5FN2O3/c1-4-5(9(11)12)2-3-8(10)6(4)7/h2-3H,1H3. The van der Waals surface area contributed by atoms with Gasteiger partial charge in [-0.3, -0.25) is 10.1 Å². The molecule has 0 radical (unpaired) electrons. The van der Waals surface area contributed by atoms with Crippen molar-refractivity contribution in [1.82, 2.24) is 0 Å². The minimum absolute atomic E-state index is 0.0532. The molecule has 5 nitrogen and oxygen atoms in total. The number of halogens is 1. The molecule has 0 amide bonds. The Hall–Kier alpha value is -1.72. The highest BCUT2D eigenvalue weighted by Crippen LogP contribution is 2.16. The summed E-state index contributed by atoms with van der Waals surface area (Å²) in [4.78, 5) is 9.48. The van der Waals surface area contributed by atoms with Crippen LogP contribution in [0.25, 0.3) is 0 Å². The van der Waals surface area contributed by atoms with E-state index in [4.69, 9.17) is 0 Å². The first-order valence-corrected chi connectivity index (χ1v) is 3.06. The molecule has 12 heavy (non-hydrogen) atoms. The smallest absolute Gasteiger partial charge is 0.380 e. The van der Waals surface area contributed by atoms with Crippen LogP contribution in [0.15, 0.2) is 12.3 Å². The van der Waals surface area contributed by atoms with E-state index in [1.54, 1.807) is 0 Å². The van der Waals surface area contributed by atoms with Gasteiger partial charge in [-0.15, -0.1) is 9.12 Å². The zero-order valence-corrected chi connectivity index (χ0v) is 6.15. The van der Waals surface area contributed by atoms with Crippen molar-refractivity contribution >= 4 is 5.69 Å². The zero-order chi connectivity index (χ0) is 9.30. The molecule has 1 rings (SSSR count). The van der Waals surface area contributed by atoms with Crippen LogP contribution < -0.4 is 4.73 Å². The second-order valence-corrected chi connectivity index (χ2v) is 2.20. The molecule has 0 atom stereocenters. The van der Waals surface area contributed by atoms with Crippen molar-refractivity contribution in [2.45, 2.75) is 6.92 Å². The Bertz CT molecular complexity index is 340. The maximum atomic E-state index is 12.7. The summed E-state index contributed by atoms with van der Waals surface area (Å²) >= 11 is 0. The third kappa shape index (κ3) is 1.18. The summed E-state index contributed by atoms with van der Waals surface area (Å²) in [7, 11) is 0. The first kappa shape index (κ1) is 8.38. The van der Waals surface area contributed by atoms with E-state index < -0.39 is 10.9 Å². The van der Waals surface area contributed by atoms with Gasteiger partial charge >= 0.3 is 5.95 Å². The Morgan fingerprint density at radius 3 is 2.75 bits per heavy atom. The van der Waals surface area contributed by atoms with Crippen LogP contribution in [0.4, 0.5) is 10.1 Å². The fourth-order valence-electron chi connectivity index (χ4n) is 0.797. The van der Waals surface area contributed by atoms with Gasteiger partial charge in [0.05, 0.1) is 11.0 Å². The topological polar surface area (TPSA) is 70.1 Å². The molecule has 1 heterocycles. The first-order valence-electron chi connectivity index (χ1n) is 3.06. The highest BCUT2D eigenvalue weighted by atomic mass is 19.1. The SMILES string of the molecule is Cc1c([N+](=O)[O-])cc[n+]([O-])c1F. The van der Waals surface area contributed by atoms with Crippen LogP contribution in [0.1, 0.15) is 5.56 Å². The molecule has 0 aromatic carbocycles. The summed E-state index contributed by atoms with van der Waals surface area (Å²) in [6, 6.07) is 0.964. The quantitative estimate of drug-likeness (QED) is 0.205. The van der Waals surface area contributed by atoms with Gasteiger partial charge in [0.1, 0.15) is 5.56 Å². The number of nitro groups is 1. The molecule has 6 heteroatoms. The number of aromatic nitrogens is 1. The van der Waals surface area contributed by atoms with Crippen LogP contribution in [0.2, 0.25) is 0 Å². The molecule has 0 aliphatic heterocycles. The molecule has 1 aromatic heterocycles. The lowest BCUT2D eigenvalue weighted by Gasteiger charge is -1.99. The molecule has 0 saturated carbocycles. The number of rotatable bonds is 1. The second kappa shape index (κ2) is 2.72. The van der Waals surface area contributed by atoms with Gasteiger partial charge in [-0.05, 0) is 6.92 Å². The number of pyridine rings is 1. The van der Waals surface area contributed by atoms with Gasteiger partial charge in [0, 0.05) is 0 Å². The van der Waals surface area contributed by atoms with Crippen molar-refractivity contribution in [3.63, 3.8) is 0 Å². The van der Waals surface area contributed by atoms with E-state index in [-0.39, 0.29) is 16.0 Å². The molecule has 0 spiro atoms. The lowest BCUT2D eigenvalue weighted by Crippen LogP contribution is -2.31. The summed E-state index contributed by atoms with van der Waals surface area (Å²) in [6.07, 6.45) is 0.764. The third-order valence-corrected chi connectivity index (χ3v) is 1.45. The Kier molecular flexibility index (Phi) is 1.90. The summed E-state index contributed by atoms with van der Waals surface area (Å²) in [5.41, 5.74) is -0.642. The predicted octanol–water partition coefficient (Wildman–Crippen LogP) is 0.676. The molecule has 1 aromatic rings. The minimum atomic E-state index is -1.14. The summed E-state index contributed by atoms with van der Waals surface area (Å²) in [5, 5.41) is 20.7. The van der Waals surface area contributed by atoms with Crippen molar-refractivity contribution in [2.24, 2.45) is 0 Å². The van der Waals surface area contributed by atoms with Crippen molar-refractivity contribution < 1.29 is 14.0 Å². The Labute approximate surface area is 66.8 Å². The summed E-state index contributed by atoms with van der Waals surface area (Å²) < 4.78 is 12.6. The lowest BCUT2D eigenvalue weighted by molar-refractivity contribution is -0.638. The molecule has 0 fully saturated rings. The Morgan fingerprint density at radius 1 is 1.67 bits per heavy atom. The molecule has 0 bridgehead atoms. The average molecular weight is 172 g/mol. The predicted molar refractivity (Wildman–Crippen MR) is 36.8 cm³/mol. The number of hydrogen-bond acceptors (Lipinski definition) is 3. The van der Waals surface area contributed by atoms with Gasteiger partial charge in [0.2, 0.25) is 0 Å². The van der Waals surface area contributed by atoms with Crippen LogP contribution in [0.3, 0.4) is 0 Å². The molecule has 0 aliphatic rings. The normalized spacial score (nSPS) is 9.83. The number of hydrogen-bond donors (Lipinski definition) is 0. The molecular formula is C6H5FN2O3. The highest BCUT2D eigenvalue weighted by molar-refractivity contribution is 5.34. The van der Waals surface area contributed by atoms with E-state index in [1.807, 2.05) is 0 Å². The molecule has 0 aliphatic carbocycles. The summed E-state index contributed by atoms with van der Waals surface area (Å²) in [6.45, 7) is 1.18. The number of nitrogens with zero attached hydrogens (tertiary/aromatic N) is 2. The third-order valence-electron chi connectivity index (χ3n) is 1.45. The van der Waals surface area contributed by atoms with E-state index in [9.17, 15) is 19.7 Å². The van der Waals surface area contributed by atoms with Gasteiger partial charge in [-0.25, -0.2) is 0 Å². The van der Waals surface area contributed by atoms with E-state index in [2.05, 4.69) is 0 Å². The highest BCUT2D eigenvalue weighted by Gasteiger charge is 2.20. The van der Waals surface area contributed by atoms with Crippen molar-refractivity contribution in [3.05, 3.63) is 39.1 Å². The molecular weight excluding hydrogens is 167 g/mol. The second-order valence-electron chi connectivity index (χ2n) is 2.20. The Morgan fingerprint density at radius 2 is 2.25 bits per heavy atom. The van der Waals surface area contributed by atoms with Crippen molar-refractivity contribution in [1.29, 1.82) is 0 Å². The van der Waals surface area contributed by atoms with Crippen LogP contribution in [-0.2, 0) is 0 Å². The van der Waals surface area contributed by atoms with Gasteiger partial charge in [0.15, 0.2) is 6.20 Å². The fraction of sp³-hybridized carbons (Fsp3) is 0.167. The van der Waals surface area contributed by atoms with Gasteiger partial charge in [0.25, 0.3) is 5.69 Å². The van der Waals surface area contributed by atoms with E-state index in [0.717, 1.165) is 12.3 Å². The largest absolute Gasteiger partial charge is 0.617 e. The minimum Gasteiger partial charge on any atom is -0.617 e. The fourth-order valence-corrected chi connectivity index (χ4v) is 0.797. The molecule has 0 saturated heterocycles. The van der Waals surface area contributed by atoms with Crippen LogP contribution in [0, 0.1) is 28.2 Å². The monoisotopic (exact) mass is 172 g/mol. The molecule has 0 N–H and O–H groups in total. The van der Waals surface area contributed by atoms with Crippen LogP contribution >= 0.6 is 0 Å². The first-order chi connectivity index (χ1) is 5.54. The summed E-state index contributed by atoms with van der Waals surface area (Å²) in [5.74, 6) is -1.14. The molecule has 64 valence electrons. The van der Waals surface area contributed by atoms with Crippen LogP contribution in [-0.4, -0.2) is 4.92 Å². The van der Waals surface area contributed by atoms with Gasteiger partial charge < -0.3 is 5.21 Å². The van der Waals surface area contributed by atoms with Gasteiger partial charge in [-0.1, -0.05) is 0 Å². The van der Waals surface area contributed by atoms with Crippen molar-refractivity contribution in [3.8, 4) is 0 Å². The molecule has 0 unspecified atom stereocenters. The lowest BCUT2D eigenvalue weighted by atomic mass is 10.2. The maximum Gasteiger partial charge on any atom is 0.380 e. The maximum absolute atomic E-state index is 12.7. The van der Waals surface area contributed by atoms with Gasteiger partial charge in [-0.2, -0.15) is 0 Å². The zero-order valence-electron chi connectivity index (χ0n) is 6.15. The van der Waals surface area contributed by atoms with E-state index >= 15 is 0 Å². The Balaban J connectivity index is 3.36.